The van der Waals surface area contributed by atoms with Gasteiger partial charge in [-0.3, -0.25) is 9.11 Å². The maximum Gasteiger partial charge on any atom is 0.164 e. The van der Waals surface area contributed by atoms with Gasteiger partial charge in [-0.15, -0.1) is 0 Å². The van der Waals surface area contributed by atoms with Crippen molar-refractivity contribution in [2.75, 3.05) is 6.26 Å². The van der Waals surface area contributed by atoms with Crippen molar-refractivity contribution in [1.29, 1.82) is 0 Å². The molecule has 14 heavy (non-hydrogen) atoms. The Morgan fingerprint density at radius 1 is 1.57 bits per heavy atom. The molecule has 6 heteroatoms. The number of rotatable bonds is 1. The monoisotopic (exact) mass is 226 g/mol. The highest BCUT2D eigenvalue weighted by Gasteiger charge is 2.78. The smallest absolute Gasteiger partial charge is 0.164 e. The average Bonchev–Trinajstić information content (AvgIpc) is 2.54. The van der Waals surface area contributed by atoms with Crippen molar-refractivity contribution >= 4 is 10.6 Å². The molecule has 1 saturated carbocycles. The lowest BCUT2D eigenvalue weighted by molar-refractivity contribution is 0.316. The molecule has 0 spiro atoms. The van der Waals surface area contributed by atoms with Gasteiger partial charge >= 0.3 is 0 Å². The van der Waals surface area contributed by atoms with E-state index >= 15 is 0 Å². The molecule has 2 unspecified atom stereocenters. The highest BCUT2D eigenvalue weighted by atomic mass is 32.3. The van der Waals surface area contributed by atoms with Gasteiger partial charge in [0.1, 0.15) is 11.6 Å². The predicted molar refractivity (Wildman–Crippen MR) is 52.0 cm³/mol. The van der Waals surface area contributed by atoms with Crippen LogP contribution in [0.5, 0.6) is 0 Å². The van der Waals surface area contributed by atoms with Gasteiger partial charge in [-0.05, 0) is 6.08 Å². The zero-order chi connectivity index (χ0) is 10.8. The molecule has 0 bridgehead atoms. The van der Waals surface area contributed by atoms with E-state index < -0.39 is 32.6 Å². The Morgan fingerprint density at radius 2 is 2.14 bits per heavy atom. The Kier molecular flexibility index (Phi) is 1.65. The van der Waals surface area contributed by atoms with Gasteiger partial charge in [0.15, 0.2) is 10.4 Å². The molecule has 0 aromatic carbocycles. The Labute approximate surface area is 82.6 Å². The Bertz CT molecular complexity index is 365. The molecule has 0 amide bonds. The quantitative estimate of drug-likeness (QED) is 0.644. The third-order valence-electron chi connectivity index (χ3n) is 2.75. The summed E-state index contributed by atoms with van der Waals surface area (Å²) in [4.78, 5) is 0. The number of alkyl halides is 1. The van der Waals surface area contributed by atoms with Crippen LogP contribution in [0.15, 0.2) is 23.7 Å². The van der Waals surface area contributed by atoms with Gasteiger partial charge in [0.05, 0.1) is 0 Å². The summed E-state index contributed by atoms with van der Waals surface area (Å²) in [5, 5.41) is 8.97. The van der Waals surface area contributed by atoms with E-state index in [1.54, 1.807) is 0 Å². The largest absolute Gasteiger partial charge is 0.508 e. The molecular weight excluding hydrogens is 214 g/mol. The van der Waals surface area contributed by atoms with E-state index in [1.807, 2.05) is 0 Å². The minimum Gasteiger partial charge on any atom is -0.508 e. The SMILES string of the molecule is CS(O)(O)C12CC1(F)C=C(O)C=C2F.[HH]. The lowest BCUT2D eigenvalue weighted by atomic mass is 10.1. The predicted octanol–water partition coefficient (Wildman–Crippen LogP) is 2.77. The molecule has 2 atom stereocenters. The molecule has 0 aromatic rings. The number of hydrogen-bond donors (Lipinski definition) is 3. The maximum atomic E-state index is 13.8. The lowest BCUT2D eigenvalue weighted by Crippen LogP contribution is -2.30. The van der Waals surface area contributed by atoms with Crippen LogP contribution in [0, 0.1) is 0 Å². The fraction of sp³-hybridized carbons (Fsp3) is 0.500. The van der Waals surface area contributed by atoms with Crippen molar-refractivity contribution in [2.45, 2.75) is 16.8 Å². The topological polar surface area (TPSA) is 60.7 Å². The molecule has 3 N–H and O–H groups in total. The van der Waals surface area contributed by atoms with Gasteiger partial charge < -0.3 is 5.11 Å². The van der Waals surface area contributed by atoms with Crippen LogP contribution in [0.2, 0.25) is 0 Å². The fourth-order valence-corrected chi connectivity index (χ4v) is 3.55. The molecule has 3 nitrogen and oxygen atoms in total. The summed E-state index contributed by atoms with van der Waals surface area (Å²) in [6.45, 7) is 0. The summed E-state index contributed by atoms with van der Waals surface area (Å²) >= 11 is 0. The Hall–Kier alpha value is -0.590. The van der Waals surface area contributed by atoms with Gasteiger partial charge in [0.2, 0.25) is 0 Å². The number of aliphatic hydroxyl groups excluding tert-OH is 1. The summed E-state index contributed by atoms with van der Waals surface area (Å²) < 4.78 is 44.1. The van der Waals surface area contributed by atoms with Crippen molar-refractivity contribution in [3.05, 3.63) is 23.7 Å². The summed E-state index contributed by atoms with van der Waals surface area (Å²) in [6.07, 6.45) is 2.24. The second-order valence-corrected chi connectivity index (χ2v) is 6.13. The Morgan fingerprint density at radius 3 is 2.57 bits per heavy atom. The minimum absolute atomic E-state index is 0. The fourth-order valence-electron chi connectivity index (χ4n) is 1.93. The summed E-state index contributed by atoms with van der Waals surface area (Å²) in [5.41, 5.74) is -2.15. The number of allylic oxidation sites excluding steroid dienone is 2. The van der Waals surface area contributed by atoms with Crippen LogP contribution in [-0.4, -0.2) is 30.9 Å². The number of aliphatic hydroxyl groups is 1. The van der Waals surface area contributed by atoms with Gasteiger partial charge in [-0.2, -0.15) is 10.6 Å². The van der Waals surface area contributed by atoms with E-state index in [1.165, 1.54) is 0 Å². The van der Waals surface area contributed by atoms with Crippen molar-refractivity contribution in [2.24, 2.45) is 0 Å². The highest BCUT2D eigenvalue weighted by molar-refractivity contribution is 8.25. The van der Waals surface area contributed by atoms with Gasteiger partial charge in [-0.1, -0.05) is 0 Å². The van der Waals surface area contributed by atoms with Crippen molar-refractivity contribution < 1.29 is 24.4 Å². The van der Waals surface area contributed by atoms with E-state index in [2.05, 4.69) is 0 Å². The second-order valence-electron chi connectivity index (χ2n) is 3.76. The Balaban J connectivity index is 0.00000112. The molecule has 0 saturated heterocycles. The zero-order valence-corrected chi connectivity index (χ0v) is 8.18. The van der Waals surface area contributed by atoms with Crippen LogP contribution in [-0.2, 0) is 0 Å². The van der Waals surface area contributed by atoms with Crippen LogP contribution in [0.1, 0.15) is 7.85 Å². The third-order valence-corrected chi connectivity index (χ3v) is 4.75. The minimum atomic E-state index is -3.36. The standard InChI is InChI=1S/C8H10F2O3S.H2/c1-14(12,13)8-4-7(8,10)3-5(11)2-6(8)9;/h2-3,11-13H,4H2,1H3;1H. The third kappa shape index (κ3) is 0.933. The average molecular weight is 226 g/mol. The van der Waals surface area contributed by atoms with E-state index in [-0.39, 0.29) is 7.85 Å². The number of hydrogen-bond acceptors (Lipinski definition) is 3. The van der Waals surface area contributed by atoms with Crippen molar-refractivity contribution in [3.63, 3.8) is 0 Å². The van der Waals surface area contributed by atoms with E-state index in [0.717, 1.165) is 18.4 Å². The molecule has 1 fully saturated rings. The molecule has 2 aliphatic carbocycles. The van der Waals surface area contributed by atoms with Crippen LogP contribution in [0.3, 0.4) is 0 Å². The van der Waals surface area contributed by atoms with Crippen molar-refractivity contribution in [1.82, 2.24) is 0 Å². The number of fused-ring (bicyclic) bond motifs is 1. The first-order chi connectivity index (χ1) is 6.23. The van der Waals surface area contributed by atoms with Crippen molar-refractivity contribution in [3.8, 4) is 0 Å². The molecular formula is C8H12F2O3S. The highest BCUT2D eigenvalue weighted by Crippen LogP contribution is 2.76. The second kappa shape index (κ2) is 2.32. The van der Waals surface area contributed by atoms with E-state index in [0.29, 0.717) is 0 Å². The van der Waals surface area contributed by atoms with Gasteiger partial charge in [0, 0.05) is 20.2 Å². The molecule has 0 heterocycles. The molecule has 82 valence electrons. The first-order valence-corrected chi connectivity index (χ1v) is 5.90. The molecule has 0 aromatic heterocycles. The van der Waals surface area contributed by atoms with E-state index in [9.17, 15) is 17.9 Å². The van der Waals surface area contributed by atoms with Crippen LogP contribution < -0.4 is 0 Å². The van der Waals surface area contributed by atoms with Crippen LogP contribution >= 0.6 is 10.6 Å². The lowest BCUT2D eigenvalue weighted by Gasteiger charge is -2.38. The maximum absolute atomic E-state index is 13.8. The first kappa shape index (κ1) is 9.95. The van der Waals surface area contributed by atoms with E-state index in [4.69, 9.17) is 5.11 Å². The molecule has 0 aliphatic heterocycles. The first-order valence-electron chi connectivity index (χ1n) is 3.94. The summed E-state index contributed by atoms with van der Waals surface area (Å²) in [6, 6.07) is 0. The summed E-state index contributed by atoms with van der Waals surface area (Å²) in [7, 11) is -3.36. The number of halogens is 2. The zero-order valence-electron chi connectivity index (χ0n) is 7.37. The molecule has 2 rings (SSSR count). The summed E-state index contributed by atoms with van der Waals surface area (Å²) in [5.74, 6) is -1.51. The molecule has 2 aliphatic rings. The van der Waals surface area contributed by atoms with Crippen LogP contribution in [0.4, 0.5) is 8.78 Å². The van der Waals surface area contributed by atoms with Gasteiger partial charge in [-0.25, -0.2) is 8.78 Å². The normalized spacial score (nSPS) is 42.4. The van der Waals surface area contributed by atoms with Crippen LogP contribution in [0.25, 0.3) is 0 Å². The van der Waals surface area contributed by atoms with Gasteiger partial charge in [0.25, 0.3) is 0 Å². The molecule has 0 radical (unpaired) electrons.